The van der Waals surface area contributed by atoms with Crippen LogP contribution in [0.5, 0.6) is 0 Å². The predicted molar refractivity (Wildman–Crippen MR) is 58.3 cm³/mol. The third kappa shape index (κ3) is 17.2. The average molecular weight is 218 g/mol. The molecule has 0 amide bonds. The van der Waals surface area contributed by atoms with Crippen LogP contribution in [0.4, 0.5) is 0 Å². The van der Waals surface area contributed by atoms with Crippen LogP contribution in [0.2, 0.25) is 0 Å². The summed E-state index contributed by atoms with van der Waals surface area (Å²) in [6, 6.07) is 0. The summed E-state index contributed by atoms with van der Waals surface area (Å²) in [7, 11) is -2.87. The first-order valence-corrected chi connectivity index (χ1v) is 5.25. The van der Waals surface area contributed by atoms with Gasteiger partial charge in [0.2, 0.25) is 0 Å². The van der Waals surface area contributed by atoms with Gasteiger partial charge in [-0.3, -0.25) is 0 Å². The van der Waals surface area contributed by atoms with E-state index in [1.807, 2.05) is 62.5 Å². The van der Waals surface area contributed by atoms with Crippen molar-refractivity contribution in [3.05, 3.63) is 36.8 Å². The summed E-state index contributed by atoms with van der Waals surface area (Å²) in [5.74, 6) is 0. The minimum atomic E-state index is -2.87. The number of hydrogen-bond donors (Lipinski definition) is 2. The van der Waals surface area contributed by atoms with Crippen LogP contribution in [0.25, 0.3) is 0 Å². The van der Waals surface area contributed by atoms with Crippen molar-refractivity contribution < 1.29 is 14.4 Å². The molecule has 0 atom stereocenters. The summed E-state index contributed by atoms with van der Waals surface area (Å²) in [4.78, 5) is 16.2. The zero-order valence-corrected chi connectivity index (χ0v) is 9.56. The first kappa shape index (κ1) is 15.5. The molecule has 80 valence electrons. The van der Waals surface area contributed by atoms with Gasteiger partial charge in [0.05, 0.1) is 0 Å². The highest BCUT2D eigenvalue weighted by molar-refractivity contribution is 7.30. The normalized spacial score (nSPS) is 10.6. The van der Waals surface area contributed by atoms with Crippen LogP contribution in [0, 0.1) is 0 Å². The minimum Gasteiger partial charge on any atom is -0.332 e. The van der Waals surface area contributed by atoms with E-state index in [1.165, 1.54) is 0 Å². The van der Waals surface area contributed by atoms with Gasteiger partial charge in [-0.25, -0.2) is 0 Å². The van der Waals surface area contributed by atoms with E-state index >= 15 is 0 Å². The smallest absolute Gasteiger partial charge is 0.332 e. The molecule has 0 spiro atoms. The van der Waals surface area contributed by atoms with E-state index in [0.717, 1.165) is 0 Å². The van der Waals surface area contributed by atoms with Gasteiger partial charge in [0, 0.05) is 23.2 Å². The van der Waals surface area contributed by atoms with Crippen molar-refractivity contribution in [2.75, 3.05) is 0 Å². The summed E-state index contributed by atoms with van der Waals surface area (Å²) < 4.78 is 8.70. The molecule has 0 aromatic heterocycles. The van der Waals surface area contributed by atoms with Crippen molar-refractivity contribution in [2.24, 2.45) is 0 Å². The molecule has 0 bridgehead atoms. The Morgan fingerprint density at radius 3 is 1.29 bits per heavy atom. The van der Waals surface area contributed by atoms with Gasteiger partial charge in [0.15, 0.2) is 0 Å². The van der Waals surface area contributed by atoms with E-state index in [0.29, 0.717) is 0 Å². The fourth-order valence-corrected chi connectivity index (χ4v) is 0.665. The van der Waals surface area contributed by atoms with Crippen molar-refractivity contribution in [3.8, 4) is 0 Å². The largest absolute Gasteiger partial charge is 0.692 e. The molecule has 14 heavy (non-hydrogen) atoms. The van der Waals surface area contributed by atoms with E-state index in [2.05, 4.69) is 0 Å². The summed E-state index contributed by atoms with van der Waals surface area (Å²) in [6.45, 7) is 6.00. The highest BCUT2D eigenvalue weighted by atomic mass is 31.1. The lowest BCUT2D eigenvalue weighted by Crippen LogP contribution is -1.97. The van der Waals surface area contributed by atoms with Crippen molar-refractivity contribution in [1.82, 2.24) is 4.90 Å². The maximum Gasteiger partial charge on any atom is 0.692 e. The molecule has 4 nitrogen and oxygen atoms in total. The first-order valence-electron chi connectivity index (χ1n) is 4.09. The Hall–Kier alpha value is -0.960. The van der Waals surface area contributed by atoms with Gasteiger partial charge in [-0.2, -0.15) is 0 Å². The van der Waals surface area contributed by atoms with E-state index in [4.69, 9.17) is 14.4 Å². The Labute approximate surface area is 85.8 Å². The lowest BCUT2D eigenvalue weighted by molar-refractivity contribution is 0.405. The number of rotatable bonds is 3. The van der Waals surface area contributed by atoms with Gasteiger partial charge in [-0.15, -0.1) is 9.79 Å². The number of allylic oxidation sites excluding steroid dienone is 3. The summed E-state index contributed by atoms with van der Waals surface area (Å²) in [5, 5.41) is 0. The van der Waals surface area contributed by atoms with Gasteiger partial charge < -0.3 is 4.90 Å². The quantitative estimate of drug-likeness (QED) is 0.714. The molecule has 0 aromatic carbocycles. The second-order valence-corrected chi connectivity index (χ2v) is 2.65. The van der Waals surface area contributed by atoms with Gasteiger partial charge in [0.1, 0.15) is 0 Å². The molecule has 0 saturated heterocycles. The Balaban J connectivity index is 0. The molecule has 0 aromatic rings. The molecule has 0 heterocycles. The average Bonchev–Trinajstić information content (AvgIpc) is 2.04. The highest BCUT2D eigenvalue weighted by Crippen LogP contribution is 1.98. The lowest BCUT2D eigenvalue weighted by Gasteiger charge is -2.06. The fraction of sp³-hybridized carbons (Fsp3) is 0.333. The molecular weight excluding hydrogens is 201 g/mol. The van der Waals surface area contributed by atoms with E-state index < -0.39 is 8.25 Å². The third-order valence-corrected chi connectivity index (χ3v) is 0.964. The molecule has 0 saturated carbocycles. The molecule has 2 N–H and O–H groups in total. The molecule has 0 unspecified atom stereocenters. The Kier molecular flexibility index (Phi) is 13.3. The third-order valence-electron chi connectivity index (χ3n) is 0.964. The molecule has 0 aliphatic heterocycles. The summed E-state index contributed by atoms with van der Waals surface area (Å²) >= 11 is 0. The Bertz CT molecular complexity index is 192. The Morgan fingerprint density at radius 1 is 0.929 bits per heavy atom. The van der Waals surface area contributed by atoms with Crippen molar-refractivity contribution >= 4 is 8.25 Å². The topological polar surface area (TPSA) is 60.8 Å². The van der Waals surface area contributed by atoms with Crippen LogP contribution in [0.15, 0.2) is 36.8 Å². The van der Waals surface area contributed by atoms with Crippen LogP contribution in [0.3, 0.4) is 0 Å². The van der Waals surface area contributed by atoms with Gasteiger partial charge in [-0.1, -0.05) is 18.2 Å². The monoisotopic (exact) mass is 218 g/mol. The highest BCUT2D eigenvalue weighted by Gasteiger charge is 1.93. The van der Waals surface area contributed by atoms with Crippen molar-refractivity contribution in [2.45, 2.75) is 20.8 Å². The predicted octanol–water partition coefficient (Wildman–Crippen LogP) is 2.52. The summed E-state index contributed by atoms with van der Waals surface area (Å²) in [6.07, 6.45) is 12.0. The Morgan fingerprint density at radius 2 is 1.14 bits per heavy atom. The zero-order chi connectivity index (χ0) is 11.4. The number of nitrogens with zero attached hydrogens (tertiary/aromatic N) is 1. The van der Waals surface area contributed by atoms with Crippen LogP contribution in [-0.2, 0) is 4.57 Å². The standard InChI is InChI=1S/C9H15N.HO3P/c1-4-7-10(8-5-2)9-6-3;1-4(2)3/h4-9H,1-3H3;(H-,1,2,3)/p+1/b7-4+,8-5+,9-6+;. The fourth-order valence-electron chi connectivity index (χ4n) is 0.665. The van der Waals surface area contributed by atoms with E-state index in [9.17, 15) is 0 Å². The molecule has 0 radical (unpaired) electrons. The summed E-state index contributed by atoms with van der Waals surface area (Å²) in [5.41, 5.74) is 0. The zero-order valence-electron chi connectivity index (χ0n) is 8.66. The van der Waals surface area contributed by atoms with Crippen molar-refractivity contribution in [3.63, 3.8) is 0 Å². The SMILES string of the molecule is C/C=C/N(/C=C/C)/C=C/C.O=[P+](O)O. The molecular formula is C9H17NO3P+. The maximum absolute atomic E-state index is 8.70. The lowest BCUT2D eigenvalue weighted by atomic mass is 10.5. The van der Waals surface area contributed by atoms with Crippen LogP contribution in [0.1, 0.15) is 20.8 Å². The van der Waals surface area contributed by atoms with Crippen LogP contribution >= 0.6 is 8.25 Å². The van der Waals surface area contributed by atoms with Crippen molar-refractivity contribution in [1.29, 1.82) is 0 Å². The van der Waals surface area contributed by atoms with Crippen LogP contribution in [-0.4, -0.2) is 14.7 Å². The second-order valence-electron chi connectivity index (χ2n) is 2.15. The minimum absolute atomic E-state index is 2.00. The van der Waals surface area contributed by atoms with E-state index in [1.54, 1.807) is 0 Å². The van der Waals surface area contributed by atoms with Crippen LogP contribution < -0.4 is 0 Å². The molecule has 0 rings (SSSR count). The second kappa shape index (κ2) is 12.0. The van der Waals surface area contributed by atoms with E-state index in [-0.39, 0.29) is 0 Å². The molecule has 0 fully saturated rings. The first-order chi connectivity index (χ1) is 6.58. The molecule has 5 heteroatoms. The van der Waals surface area contributed by atoms with Gasteiger partial charge >= 0.3 is 8.25 Å². The maximum atomic E-state index is 8.70. The molecule has 0 aliphatic rings. The molecule has 0 aliphatic carbocycles. The number of hydrogen-bond acceptors (Lipinski definition) is 2. The van der Waals surface area contributed by atoms with Gasteiger partial charge in [-0.05, 0) is 20.8 Å². The van der Waals surface area contributed by atoms with Gasteiger partial charge in [0.25, 0.3) is 0 Å².